The lowest BCUT2D eigenvalue weighted by Gasteiger charge is -2.25. The first-order valence-corrected chi connectivity index (χ1v) is 10.5. The van der Waals surface area contributed by atoms with E-state index in [-0.39, 0.29) is 61.3 Å². The molecule has 0 spiro atoms. The van der Waals surface area contributed by atoms with Gasteiger partial charge in [0.1, 0.15) is 5.76 Å². The maximum Gasteiger partial charge on any atom is 0.295 e. The quantitative estimate of drug-likeness (QED) is 0.118. The predicted molar refractivity (Wildman–Crippen MR) is 119 cm³/mol. The Kier molecular flexibility index (Phi) is 7.82. The van der Waals surface area contributed by atoms with E-state index in [4.69, 9.17) is 14.6 Å². The number of Topliss-reactive ketones (excluding diaryl/α,β-unsaturated/α-hetero) is 1. The fraction of sp³-hybridized carbons (Fsp3) is 0.304. The molecule has 2 aromatic carbocycles. The third-order valence-corrected chi connectivity index (χ3v) is 5.20. The van der Waals surface area contributed by atoms with Crippen molar-refractivity contribution in [2.24, 2.45) is 0 Å². The van der Waals surface area contributed by atoms with Gasteiger partial charge in [-0.25, -0.2) is 0 Å². The average Bonchev–Trinajstić information content (AvgIpc) is 3.08. The van der Waals surface area contributed by atoms with Crippen molar-refractivity contribution in [3.05, 3.63) is 69.3 Å². The number of phenolic OH excluding ortho intramolecular Hbond substituents is 1. The second-order valence-electron chi connectivity index (χ2n) is 7.29. The number of benzene rings is 2. The molecule has 2 aromatic rings. The number of carbonyl (C=O) groups excluding carboxylic acids is 2. The summed E-state index contributed by atoms with van der Waals surface area (Å²) >= 11 is 0. The van der Waals surface area contributed by atoms with Crippen molar-refractivity contribution in [1.29, 1.82) is 0 Å². The van der Waals surface area contributed by atoms with E-state index in [1.54, 1.807) is 6.92 Å². The van der Waals surface area contributed by atoms with Crippen molar-refractivity contribution in [3.8, 4) is 11.5 Å². The van der Waals surface area contributed by atoms with Crippen LogP contribution in [0.1, 0.15) is 24.1 Å². The van der Waals surface area contributed by atoms with Crippen LogP contribution in [0, 0.1) is 10.1 Å². The number of nitro groups is 1. The second kappa shape index (κ2) is 10.8. The van der Waals surface area contributed by atoms with Gasteiger partial charge in [0.15, 0.2) is 11.5 Å². The molecule has 180 valence electrons. The molecule has 0 aliphatic carbocycles. The standard InChI is InChI=1S/C23H24N2O9/c1-2-34-18-13-15(5-8-17(18)27)20-19(21(28)14-3-6-16(7-4-14)25(31)32)22(29)23(30)24(20)9-11-33-12-10-26/h3-8,13,20,26-28H,2,9-12H2,1H3/b21-19+. The summed E-state index contributed by atoms with van der Waals surface area (Å²) in [5.41, 5.74) is 0.101. The van der Waals surface area contributed by atoms with Crippen molar-refractivity contribution < 1.29 is 39.3 Å². The fourth-order valence-corrected chi connectivity index (χ4v) is 3.66. The van der Waals surface area contributed by atoms with E-state index in [0.717, 1.165) is 0 Å². The molecule has 1 heterocycles. The van der Waals surface area contributed by atoms with Crippen molar-refractivity contribution in [2.45, 2.75) is 13.0 Å². The van der Waals surface area contributed by atoms with Crippen molar-refractivity contribution in [2.75, 3.05) is 33.0 Å². The lowest BCUT2D eigenvalue weighted by atomic mass is 9.95. The number of hydrogen-bond acceptors (Lipinski definition) is 9. The smallest absolute Gasteiger partial charge is 0.295 e. The largest absolute Gasteiger partial charge is 0.507 e. The molecule has 1 atom stereocenters. The molecule has 1 unspecified atom stereocenters. The van der Waals surface area contributed by atoms with Crippen LogP contribution in [0.25, 0.3) is 5.76 Å². The zero-order chi connectivity index (χ0) is 24.8. The number of carbonyl (C=O) groups is 2. The highest BCUT2D eigenvalue weighted by atomic mass is 16.6. The van der Waals surface area contributed by atoms with Crippen LogP contribution in [0.4, 0.5) is 5.69 Å². The average molecular weight is 472 g/mol. The molecule has 34 heavy (non-hydrogen) atoms. The summed E-state index contributed by atoms with van der Waals surface area (Å²) in [6.45, 7) is 1.83. The van der Waals surface area contributed by atoms with Gasteiger partial charge in [-0.2, -0.15) is 0 Å². The molecule has 1 fully saturated rings. The number of ketones is 1. The highest BCUT2D eigenvalue weighted by Crippen LogP contribution is 2.41. The van der Waals surface area contributed by atoms with Crippen LogP contribution in [0.3, 0.4) is 0 Å². The lowest BCUT2D eigenvalue weighted by Crippen LogP contribution is -2.33. The molecule has 1 amide bonds. The van der Waals surface area contributed by atoms with Crippen LogP contribution in [0.15, 0.2) is 48.0 Å². The SMILES string of the molecule is CCOc1cc(C2/C(=C(\O)c3ccc([N+](=O)[O-])cc3)C(=O)C(=O)N2CCOCCO)ccc1O. The van der Waals surface area contributed by atoms with Crippen LogP contribution in [-0.2, 0) is 14.3 Å². The van der Waals surface area contributed by atoms with Crippen LogP contribution < -0.4 is 4.74 Å². The number of aliphatic hydroxyl groups is 2. The van der Waals surface area contributed by atoms with E-state index >= 15 is 0 Å². The molecule has 11 heteroatoms. The van der Waals surface area contributed by atoms with Gasteiger partial charge in [-0.1, -0.05) is 6.07 Å². The third-order valence-electron chi connectivity index (χ3n) is 5.20. The van der Waals surface area contributed by atoms with E-state index in [0.29, 0.717) is 5.56 Å². The molecule has 0 radical (unpaired) electrons. The first-order chi connectivity index (χ1) is 16.3. The minimum Gasteiger partial charge on any atom is -0.507 e. The predicted octanol–water partition coefficient (Wildman–Crippen LogP) is 2.13. The first kappa shape index (κ1) is 24.7. The number of aliphatic hydroxyl groups excluding tert-OH is 2. The molecular weight excluding hydrogens is 448 g/mol. The molecule has 0 bridgehead atoms. The van der Waals surface area contributed by atoms with Gasteiger partial charge < -0.3 is 29.7 Å². The number of phenols is 1. The van der Waals surface area contributed by atoms with Gasteiger partial charge in [-0.3, -0.25) is 19.7 Å². The molecule has 3 rings (SSSR count). The molecule has 11 nitrogen and oxygen atoms in total. The van der Waals surface area contributed by atoms with Gasteiger partial charge in [-0.15, -0.1) is 0 Å². The highest BCUT2D eigenvalue weighted by molar-refractivity contribution is 6.46. The van der Waals surface area contributed by atoms with Crippen LogP contribution in [0.2, 0.25) is 0 Å². The summed E-state index contributed by atoms with van der Waals surface area (Å²) in [5, 5.41) is 40.9. The number of nitrogens with zero attached hydrogens (tertiary/aromatic N) is 2. The second-order valence-corrected chi connectivity index (χ2v) is 7.29. The first-order valence-electron chi connectivity index (χ1n) is 10.5. The molecule has 0 saturated carbocycles. The highest BCUT2D eigenvalue weighted by Gasteiger charge is 2.46. The molecule has 1 aliphatic rings. The summed E-state index contributed by atoms with van der Waals surface area (Å²) in [6, 6.07) is 8.21. The Labute approximate surface area is 194 Å². The monoisotopic (exact) mass is 472 g/mol. The Bertz CT molecular complexity index is 1110. The maximum atomic E-state index is 13.0. The zero-order valence-corrected chi connectivity index (χ0v) is 18.3. The van der Waals surface area contributed by atoms with Crippen LogP contribution in [0.5, 0.6) is 11.5 Å². The summed E-state index contributed by atoms with van der Waals surface area (Å²) < 4.78 is 10.7. The zero-order valence-electron chi connectivity index (χ0n) is 18.3. The molecular formula is C23H24N2O9. The van der Waals surface area contributed by atoms with Crippen molar-refractivity contribution in [1.82, 2.24) is 4.90 Å². The normalized spacial score (nSPS) is 17.2. The molecule has 3 N–H and O–H groups in total. The van der Waals surface area contributed by atoms with Gasteiger partial charge in [-0.05, 0) is 36.8 Å². The van der Waals surface area contributed by atoms with Gasteiger partial charge in [0, 0.05) is 24.2 Å². The van der Waals surface area contributed by atoms with E-state index in [1.807, 2.05) is 0 Å². The number of rotatable bonds is 10. The molecule has 1 saturated heterocycles. The van der Waals surface area contributed by atoms with Crippen LogP contribution >= 0.6 is 0 Å². The van der Waals surface area contributed by atoms with Crippen molar-refractivity contribution >= 4 is 23.1 Å². The summed E-state index contributed by atoms with van der Waals surface area (Å²) in [7, 11) is 0. The molecule has 0 aromatic heterocycles. The van der Waals surface area contributed by atoms with E-state index in [9.17, 15) is 29.9 Å². The van der Waals surface area contributed by atoms with Crippen molar-refractivity contribution in [3.63, 3.8) is 0 Å². The number of hydrogen-bond donors (Lipinski definition) is 3. The Morgan fingerprint density at radius 3 is 2.47 bits per heavy atom. The van der Waals surface area contributed by atoms with Gasteiger partial charge in [0.05, 0.1) is 43.0 Å². The van der Waals surface area contributed by atoms with E-state index in [1.165, 1.54) is 47.4 Å². The maximum absolute atomic E-state index is 13.0. The minimum atomic E-state index is -1.03. The summed E-state index contributed by atoms with van der Waals surface area (Å²) in [5.74, 6) is -2.30. The number of amides is 1. The fourth-order valence-electron chi connectivity index (χ4n) is 3.66. The number of aromatic hydroxyl groups is 1. The topological polar surface area (TPSA) is 160 Å². The number of non-ortho nitro benzene ring substituents is 1. The summed E-state index contributed by atoms with van der Waals surface area (Å²) in [4.78, 5) is 37.4. The number of ether oxygens (including phenoxy) is 2. The number of nitro benzene ring substituents is 1. The molecule has 1 aliphatic heterocycles. The Balaban J connectivity index is 2.11. The van der Waals surface area contributed by atoms with Crippen LogP contribution in [-0.4, -0.2) is 69.8 Å². The Hall–Kier alpha value is -3.96. The van der Waals surface area contributed by atoms with Gasteiger partial charge in [0.25, 0.3) is 17.4 Å². The van der Waals surface area contributed by atoms with E-state index < -0.39 is 28.4 Å². The minimum absolute atomic E-state index is 0.0167. The Morgan fingerprint density at radius 1 is 1.15 bits per heavy atom. The summed E-state index contributed by atoms with van der Waals surface area (Å²) in [6.07, 6.45) is 0. The number of likely N-dealkylation sites (tertiary alicyclic amines) is 1. The lowest BCUT2D eigenvalue weighted by molar-refractivity contribution is -0.384. The van der Waals surface area contributed by atoms with E-state index in [2.05, 4.69) is 0 Å². The van der Waals surface area contributed by atoms with Gasteiger partial charge in [0.2, 0.25) is 0 Å². The van der Waals surface area contributed by atoms with Gasteiger partial charge >= 0.3 is 0 Å². The third kappa shape index (κ3) is 5.00. The Morgan fingerprint density at radius 2 is 1.85 bits per heavy atom.